The topological polar surface area (TPSA) is 105 Å². The fraction of sp³-hybridized carbons (Fsp3) is 0.429. The third kappa shape index (κ3) is 5.04. The van der Waals surface area contributed by atoms with Gasteiger partial charge in [-0.2, -0.15) is 0 Å². The van der Waals surface area contributed by atoms with Gasteiger partial charge in [0.25, 0.3) is 0 Å². The van der Waals surface area contributed by atoms with Gasteiger partial charge in [-0.3, -0.25) is 10.1 Å². The molecule has 0 saturated heterocycles. The van der Waals surface area contributed by atoms with E-state index in [1.807, 2.05) is 0 Å². The lowest BCUT2D eigenvalue weighted by Crippen LogP contribution is -2.27. The van der Waals surface area contributed by atoms with Gasteiger partial charge in [-0.15, -0.1) is 0 Å². The van der Waals surface area contributed by atoms with Crippen LogP contribution in [0.2, 0.25) is 0 Å². The maximum atomic E-state index is 11.8. The second kappa shape index (κ2) is 6.88. The van der Waals surface area contributed by atoms with E-state index in [2.05, 4.69) is 0 Å². The Balaban J connectivity index is 2.76. The minimum atomic E-state index is -0.864. The Labute approximate surface area is 127 Å². The first-order valence-electron chi connectivity index (χ1n) is 6.35. The third-order valence-electron chi connectivity index (χ3n) is 2.35. The molecule has 0 amide bonds. The molecule has 0 heterocycles. The van der Waals surface area contributed by atoms with Gasteiger partial charge in [-0.05, 0) is 32.9 Å². The molecule has 0 unspecified atom stereocenters. The number of carbonyl (C=O) groups excluding carboxylic acids is 2. The maximum absolute atomic E-state index is 11.8. The van der Waals surface area contributed by atoms with Crippen molar-refractivity contribution < 1.29 is 28.7 Å². The van der Waals surface area contributed by atoms with Crippen LogP contribution in [0.1, 0.15) is 31.1 Å². The molecule has 0 aliphatic carbocycles. The summed E-state index contributed by atoms with van der Waals surface area (Å²) in [6.07, 6.45) is 0. The molecule has 0 atom stereocenters. The molecular weight excluding hydrogens is 294 g/mol. The van der Waals surface area contributed by atoms with E-state index < -0.39 is 29.1 Å². The van der Waals surface area contributed by atoms with Crippen molar-refractivity contribution in [2.45, 2.75) is 26.4 Å². The molecule has 1 aromatic rings. The number of ether oxygens (including phenoxy) is 3. The smallest absolute Gasteiger partial charge is 0.344 e. The van der Waals surface area contributed by atoms with Crippen molar-refractivity contribution in [3.8, 4) is 5.75 Å². The Morgan fingerprint density at radius 2 is 1.91 bits per heavy atom. The van der Waals surface area contributed by atoms with Crippen LogP contribution in [0.15, 0.2) is 18.2 Å². The molecule has 8 heteroatoms. The molecule has 22 heavy (non-hydrogen) atoms. The summed E-state index contributed by atoms with van der Waals surface area (Å²) in [7, 11) is 1.28. The van der Waals surface area contributed by atoms with Gasteiger partial charge in [0.1, 0.15) is 5.60 Å². The minimum Gasteiger partial charge on any atom is -0.490 e. The summed E-state index contributed by atoms with van der Waals surface area (Å²) in [4.78, 5) is 33.4. The number of methoxy groups -OCH3 is 1. The van der Waals surface area contributed by atoms with Gasteiger partial charge in [0.15, 0.2) is 12.4 Å². The number of nitro groups is 1. The molecule has 0 aliphatic heterocycles. The van der Waals surface area contributed by atoms with Crippen LogP contribution in [0, 0.1) is 10.1 Å². The van der Waals surface area contributed by atoms with Crippen LogP contribution in [0.4, 0.5) is 5.69 Å². The van der Waals surface area contributed by atoms with Crippen molar-refractivity contribution in [1.82, 2.24) is 0 Å². The molecule has 0 aliphatic rings. The molecule has 0 saturated carbocycles. The minimum absolute atomic E-state index is 0.0219. The second-order valence-electron chi connectivity index (χ2n) is 5.31. The number of esters is 2. The molecule has 0 aromatic heterocycles. The predicted molar refractivity (Wildman–Crippen MR) is 75.8 cm³/mol. The zero-order valence-corrected chi connectivity index (χ0v) is 12.7. The first kappa shape index (κ1) is 17.4. The summed E-state index contributed by atoms with van der Waals surface area (Å²) < 4.78 is 14.6. The summed E-state index contributed by atoms with van der Waals surface area (Å²) in [6.45, 7) is 4.47. The molecule has 120 valence electrons. The van der Waals surface area contributed by atoms with Crippen LogP contribution >= 0.6 is 0 Å². The lowest BCUT2D eigenvalue weighted by molar-refractivity contribution is -0.385. The van der Waals surface area contributed by atoms with Gasteiger partial charge in [-0.25, -0.2) is 9.59 Å². The largest absolute Gasteiger partial charge is 0.490 e. The Kier molecular flexibility index (Phi) is 5.44. The van der Waals surface area contributed by atoms with Crippen molar-refractivity contribution in [3.05, 3.63) is 33.9 Å². The molecule has 1 aromatic carbocycles. The van der Waals surface area contributed by atoms with Crippen LogP contribution in [-0.4, -0.2) is 36.2 Å². The van der Waals surface area contributed by atoms with Crippen molar-refractivity contribution in [2.24, 2.45) is 0 Å². The normalized spacial score (nSPS) is 10.7. The number of hydrogen-bond donors (Lipinski definition) is 0. The average Bonchev–Trinajstić information content (AvgIpc) is 2.42. The average molecular weight is 311 g/mol. The van der Waals surface area contributed by atoms with E-state index in [0.717, 1.165) is 6.07 Å². The zero-order chi connectivity index (χ0) is 16.9. The highest BCUT2D eigenvalue weighted by atomic mass is 16.6. The van der Waals surface area contributed by atoms with Gasteiger partial charge in [0, 0.05) is 6.07 Å². The van der Waals surface area contributed by atoms with Crippen molar-refractivity contribution in [2.75, 3.05) is 13.7 Å². The van der Waals surface area contributed by atoms with Crippen molar-refractivity contribution >= 4 is 17.6 Å². The number of carbonyl (C=O) groups is 2. The van der Waals surface area contributed by atoms with Gasteiger partial charge in [0.2, 0.25) is 0 Å². The van der Waals surface area contributed by atoms with Gasteiger partial charge >= 0.3 is 17.6 Å². The molecule has 1 rings (SSSR count). The summed E-state index contributed by atoms with van der Waals surface area (Å²) in [5.74, 6) is -1.55. The highest BCUT2D eigenvalue weighted by Gasteiger charge is 2.21. The first-order chi connectivity index (χ1) is 10.1. The SMILES string of the molecule is COc1ccc(C(=O)OCC(=O)OC(C)(C)C)cc1[N+](=O)[O-]. The summed E-state index contributed by atoms with van der Waals surface area (Å²) in [6, 6.07) is 3.61. The highest BCUT2D eigenvalue weighted by Crippen LogP contribution is 2.27. The molecule has 0 bridgehead atoms. The zero-order valence-electron chi connectivity index (χ0n) is 12.7. The number of nitro benzene ring substituents is 1. The quantitative estimate of drug-likeness (QED) is 0.465. The standard InChI is InChI=1S/C14H17NO7/c1-14(2,3)22-12(16)8-21-13(17)9-5-6-11(20-4)10(7-9)15(18)19/h5-7H,8H2,1-4H3. The second-order valence-corrected chi connectivity index (χ2v) is 5.31. The van der Waals surface area contributed by atoms with Crippen molar-refractivity contribution in [1.29, 1.82) is 0 Å². The van der Waals surface area contributed by atoms with Crippen LogP contribution in [0.25, 0.3) is 0 Å². The number of rotatable bonds is 5. The van der Waals surface area contributed by atoms with Gasteiger partial charge in [0.05, 0.1) is 17.6 Å². The molecule has 0 fully saturated rings. The molecule has 8 nitrogen and oxygen atoms in total. The summed E-state index contributed by atoms with van der Waals surface area (Å²) >= 11 is 0. The van der Waals surface area contributed by atoms with Crippen molar-refractivity contribution in [3.63, 3.8) is 0 Å². The maximum Gasteiger partial charge on any atom is 0.344 e. The Morgan fingerprint density at radius 1 is 1.27 bits per heavy atom. The van der Waals surface area contributed by atoms with Crippen LogP contribution in [-0.2, 0) is 14.3 Å². The fourth-order valence-electron chi connectivity index (χ4n) is 1.54. The molecule has 0 N–H and O–H groups in total. The number of benzene rings is 1. The van der Waals surface area contributed by atoms with Crippen LogP contribution in [0.5, 0.6) is 5.75 Å². The third-order valence-corrected chi connectivity index (χ3v) is 2.35. The summed E-state index contributed by atoms with van der Waals surface area (Å²) in [5, 5.41) is 10.9. The van der Waals surface area contributed by atoms with E-state index in [0.29, 0.717) is 0 Å². The molecule has 0 radical (unpaired) electrons. The van der Waals surface area contributed by atoms with E-state index in [4.69, 9.17) is 14.2 Å². The fourth-order valence-corrected chi connectivity index (χ4v) is 1.54. The van der Waals surface area contributed by atoms with Crippen LogP contribution in [0.3, 0.4) is 0 Å². The van der Waals surface area contributed by atoms with Gasteiger partial charge < -0.3 is 14.2 Å². The predicted octanol–water partition coefficient (Wildman–Crippen LogP) is 2.10. The highest BCUT2D eigenvalue weighted by molar-refractivity contribution is 5.91. The van der Waals surface area contributed by atoms with Crippen LogP contribution < -0.4 is 4.74 Å². The van der Waals surface area contributed by atoms with E-state index >= 15 is 0 Å². The number of hydrogen-bond acceptors (Lipinski definition) is 7. The van der Waals surface area contributed by atoms with E-state index in [-0.39, 0.29) is 17.0 Å². The lowest BCUT2D eigenvalue weighted by Gasteiger charge is -2.19. The lowest BCUT2D eigenvalue weighted by atomic mass is 10.2. The van der Waals surface area contributed by atoms with E-state index in [1.165, 1.54) is 19.2 Å². The Bertz CT molecular complexity index is 589. The first-order valence-corrected chi connectivity index (χ1v) is 6.35. The van der Waals surface area contributed by atoms with E-state index in [1.54, 1.807) is 20.8 Å². The van der Waals surface area contributed by atoms with Gasteiger partial charge in [-0.1, -0.05) is 0 Å². The summed E-state index contributed by atoms with van der Waals surface area (Å²) in [5.41, 5.74) is -1.12. The monoisotopic (exact) mass is 311 g/mol. The number of nitrogens with zero attached hydrogens (tertiary/aromatic N) is 1. The Hall–Kier alpha value is -2.64. The molecule has 0 spiro atoms. The molecular formula is C14H17NO7. The Morgan fingerprint density at radius 3 is 2.41 bits per heavy atom. The van der Waals surface area contributed by atoms with E-state index in [9.17, 15) is 19.7 Å².